The van der Waals surface area contributed by atoms with Gasteiger partial charge in [0.1, 0.15) is 11.6 Å². The van der Waals surface area contributed by atoms with Gasteiger partial charge in [0.2, 0.25) is 0 Å². The maximum absolute atomic E-state index is 13.2. The van der Waals surface area contributed by atoms with Crippen molar-refractivity contribution in [3.63, 3.8) is 0 Å². The number of halogens is 3. The fourth-order valence-corrected chi connectivity index (χ4v) is 1.51. The van der Waals surface area contributed by atoms with Crippen LogP contribution in [0.4, 0.5) is 8.78 Å². The number of hydrogen-bond acceptors (Lipinski definition) is 2. The maximum atomic E-state index is 13.2. The highest BCUT2D eigenvalue weighted by molar-refractivity contribution is 14.1. The number of hydrogen-bond donors (Lipinski definition) is 0. The summed E-state index contributed by atoms with van der Waals surface area (Å²) in [5.41, 5.74) is 0.152. The van der Waals surface area contributed by atoms with Crippen LogP contribution in [0.5, 0.6) is 0 Å². The second-order valence-electron chi connectivity index (χ2n) is 2.88. The van der Waals surface area contributed by atoms with Crippen molar-refractivity contribution in [2.45, 2.75) is 6.92 Å². The lowest BCUT2D eigenvalue weighted by molar-refractivity contribution is -0.137. The first-order chi connectivity index (χ1) is 7.54. The van der Waals surface area contributed by atoms with E-state index in [4.69, 9.17) is 4.74 Å². The molecule has 1 aromatic carbocycles. The summed E-state index contributed by atoms with van der Waals surface area (Å²) in [7, 11) is 0. The Morgan fingerprint density at radius 3 is 2.75 bits per heavy atom. The van der Waals surface area contributed by atoms with Gasteiger partial charge in [0.05, 0.1) is 10.2 Å². The normalized spacial score (nSPS) is 11.4. The van der Waals surface area contributed by atoms with Crippen molar-refractivity contribution in [1.29, 1.82) is 0 Å². The zero-order valence-corrected chi connectivity index (χ0v) is 10.6. The number of esters is 1. The molecule has 0 aliphatic carbocycles. The fourth-order valence-electron chi connectivity index (χ4n) is 1.01. The predicted octanol–water partition coefficient (Wildman–Crippen LogP) is 3.30. The number of carbonyl (C=O) groups excluding carboxylic acids is 1. The summed E-state index contributed by atoms with van der Waals surface area (Å²) in [6.45, 7) is 1.94. The molecule has 1 aromatic rings. The van der Waals surface area contributed by atoms with Gasteiger partial charge >= 0.3 is 5.97 Å². The molecule has 0 amide bonds. The maximum Gasteiger partial charge on any atom is 0.344 e. The molecule has 0 aliphatic rings. The average molecular weight is 338 g/mol. The molecule has 0 bridgehead atoms. The van der Waals surface area contributed by atoms with Crippen molar-refractivity contribution in [3.05, 3.63) is 39.0 Å². The minimum Gasteiger partial charge on any atom is -0.462 e. The molecule has 0 atom stereocenters. The highest BCUT2D eigenvalue weighted by atomic mass is 127. The Labute approximate surface area is 105 Å². The van der Waals surface area contributed by atoms with Crippen LogP contribution in [-0.4, -0.2) is 12.6 Å². The molecule has 0 radical (unpaired) electrons. The molecule has 0 aliphatic heterocycles. The Balaban J connectivity index is 2.94. The zero-order chi connectivity index (χ0) is 12.1. The Morgan fingerprint density at radius 2 is 2.19 bits per heavy atom. The predicted molar refractivity (Wildman–Crippen MR) is 65.0 cm³/mol. The third kappa shape index (κ3) is 3.55. The summed E-state index contributed by atoms with van der Waals surface area (Å²) in [6, 6.07) is 3.16. The molecule has 0 heterocycles. The lowest BCUT2D eigenvalue weighted by Crippen LogP contribution is -2.03. The van der Waals surface area contributed by atoms with Crippen molar-refractivity contribution >= 4 is 34.6 Å². The van der Waals surface area contributed by atoms with Crippen LogP contribution in [0, 0.1) is 11.6 Å². The van der Waals surface area contributed by atoms with Gasteiger partial charge in [0, 0.05) is 11.6 Å². The quantitative estimate of drug-likeness (QED) is 0.480. The van der Waals surface area contributed by atoms with E-state index < -0.39 is 17.6 Å². The van der Waals surface area contributed by atoms with E-state index in [2.05, 4.69) is 0 Å². The molecule has 0 saturated heterocycles. The Kier molecular flexibility index (Phi) is 4.85. The average Bonchev–Trinajstić information content (AvgIpc) is 2.22. The molecule has 0 spiro atoms. The highest BCUT2D eigenvalue weighted by Gasteiger charge is 2.08. The van der Waals surface area contributed by atoms with Crippen molar-refractivity contribution < 1.29 is 18.3 Å². The number of carbonyl (C=O) groups is 1. The van der Waals surface area contributed by atoms with Crippen LogP contribution >= 0.6 is 22.6 Å². The molecule has 86 valence electrons. The Bertz CT molecular complexity index is 430. The largest absolute Gasteiger partial charge is 0.462 e. The molecular weight excluding hydrogens is 329 g/mol. The summed E-state index contributed by atoms with van der Waals surface area (Å²) in [5, 5.41) is 0. The molecule has 5 heteroatoms. The van der Waals surface area contributed by atoms with E-state index in [0.29, 0.717) is 0 Å². The summed E-state index contributed by atoms with van der Waals surface area (Å²) in [6.07, 6.45) is 1.31. The topological polar surface area (TPSA) is 26.3 Å². The number of benzene rings is 1. The molecule has 0 saturated carbocycles. The third-order valence-electron chi connectivity index (χ3n) is 1.72. The molecule has 1 rings (SSSR count). The lowest BCUT2D eigenvalue weighted by Gasteiger charge is -2.01. The highest BCUT2D eigenvalue weighted by Crippen LogP contribution is 2.17. The number of ether oxygens (including phenoxy) is 1. The number of rotatable bonds is 3. The van der Waals surface area contributed by atoms with Crippen LogP contribution in [0.3, 0.4) is 0 Å². The van der Waals surface area contributed by atoms with E-state index in [1.54, 1.807) is 29.5 Å². The van der Waals surface area contributed by atoms with Crippen molar-refractivity contribution in [3.8, 4) is 0 Å². The summed E-state index contributed by atoms with van der Waals surface area (Å²) < 4.78 is 30.8. The summed E-state index contributed by atoms with van der Waals surface area (Å²) in [5.74, 6) is -1.88. The fraction of sp³-hybridized carbons (Fsp3) is 0.182. The van der Waals surface area contributed by atoms with Crippen LogP contribution in [0.25, 0.3) is 6.08 Å². The first-order valence-corrected chi connectivity index (χ1v) is 5.62. The molecule has 0 fully saturated rings. The standard InChI is InChI=1S/C11H9F2IO2/c1-2-16-11(15)10(14)5-7-3-4-8(12)6-9(7)13/h3-6H,2H2,1H3/b10-5-. The van der Waals surface area contributed by atoms with E-state index in [9.17, 15) is 13.6 Å². The molecule has 0 N–H and O–H groups in total. The lowest BCUT2D eigenvalue weighted by atomic mass is 10.2. The van der Waals surface area contributed by atoms with E-state index in [1.807, 2.05) is 0 Å². The van der Waals surface area contributed by atoms with Gasteiger partial charge in [-0.15, -0.1) is 0 Å². The minimum absolute atomic E-state index is 0.152. The minimum atomic E-state index is -0.710. The van der Waals surface area contributed by atoms with Crippen LogP contribution in [0.15, 0.2) is 21.8 Å². The van der Waals surface area contributed by atoms with Crippen molar-refractivity contribution in [2.75, 3.05) is 6.61 Å². The molecule has 2 nitrogen and oxygen atoms in total. The monoisotopic (exact) mass is 338 g/mol. The third-order valence-corrected chi connectivity index (χ3v) is 2.47. The van der Waals surface area contributed by atoms with Crippen LogP contribution in [0.2, 0.25) is 0 Å². The second-order valence-corrected chi connectivity index (χ2v) is 4.04. The first-order valence-electron chi connectivity index (χ1n) is 4.54. The SMILES string of the molecule is CCOC(=O)/C(I)=C/c1ccc(F)cc1F. The van der Waals surface area contributed by atoms with Crippen molar-refractivity contribution in [2.24, 2.45) is 0 Å². The van der Waals surface area contributed by atoms with Crippen LogP contribution < -0.4 is 0 Å². The van der Waals surface area contributed by atoms with Gasteiger partial charge in [0.25, 0.3) is 0 Å². The van der Waals surface area contributed by atoms with Gasteiger partial charge in [-0.25, -0.2) is 13.6 Å². The van der Waals surface area contributed by atoms with Gasteiger partial charge in [0.15, 0.2) is 0 Å². The molecular formula is C11H9F2IO2. The second kappa shape index (κ2) is 5.93. The van der Waals surface area contributed by atoms with E-state index in [-0.39, 0.29) is 15.8 Å². The van der Waals surface area contributed by atoms with E-state index in [0.717, 1.165) is 12.1 Å². The van der Waals surface area contributed by atoms with Gasteiger partial charge in [-0.3, -0.25) is 0 Å². The van der Waals surface area contributed by atoms with Crippen molar-refractivity contribution in [1.82, 2.24) is 0 Å². The van der Waals surface area contributed by atoms with Crippen LogP contribution in [0.1, 0.15) is 12.5 Å². The van der Waals surface area contributed by atoms with Gasteiger partial charge in [-0.2, -0.15) is 0 Å². The first kappa shape index (κ1) is 13.1. The smallest absolute Gasteiger partial charge is 0.344 e. The molecule has 0 unspecified atom stereocenters. The Hall–Kier alpha value is -0.980. The molecule has 16 heavy (non-hydrogen) atoms. The Morgan fingerprint density at radius 1 is 1.50 bits per heavy atom. The summed E-state index contributed by atoms with van der Waals surface area (Å²) >= 11 is 1.75. The zero-order valence-electron chi connectivity index (χ0n) is 8.47. The van der Waals surface area contributed by atoms with E-state index >= 15 is 0 Å². The van der Waals surface area contributed by atoms with Gasteiger partial charge < -0.3 is 4.74 Å². The van der Waals surface area contributed by atoms with Gasteiger partial charge in [-0.05, 0) is 47.7 Å². The molecule has 0 aromatic heterocycles. The van der Waals surface area contributed by atoms with Gasteiger partial charge in [-0.1, -0.05) is 0 Å². The van der Waals surface area contributed by atoms with E-state index in [1.165, 1.54) is 12.1 Å². The summed E-state index contributed by atoms with van der Waals surface area (Å²) in [4.78, 5) is 11.2. The van der Waals surface area contributed by atoms with Crippen LogP contribution in [-0.2, 0) is 9.53 Å².